The van der Waals surface area contributed by atoms with Gasteiger partial charge in [-0.05, 0) is 43.4 Å². The number of rotatable bonds is 9. The summed E-state index contributed by atoms with van der Waals surface area (Å²) in [5.74, 6) is 0.544. The van der Waals surface area contributed by atoms with E-state index in [2.05, 4.69) is 36.2 Å². The van der Waals surface area contributed by atoms with E-state index in [-0.39, 0.29) is 6.10 Å². The highest BCUT2D eigenvalue weighted by Gasteiger charge is 2.27. The molecular formula is C19H29NO2. The number of ether oxygens (including phenoxy) is 2. The fraction of sp³-hybridized carbons (Fsp3) is 0.579. The van der Waals surface area contributed by atoms with Gasteiger partial charge in [0.15, 0.2) is 0 Å². The molecule has 0 spiro atoms. The Morgan fingerprint density at radius 1 is 1.36 bits per heavy atom. The van der Waals surface area contributed by atoms with Crippen LogP contribution in [-0.4, -0.2) is 33.4 Å². The van der Waals surface area contributed by atoms with Gasteiger partial charge in [-0.1, -0.05) is 30.3 Å². The second-order valence-corrected chi connectivity index (χ2v) is 5.94. The van der Waals surface area contributed by atoms with Crippen LogP contribution in [0.25, 0.3) is 0 Å². The molecule has 2 rings (SSSR count). The minimum atomic E-state index is 0.167. The normalized spacial score (nSPS) is 19.8. The molecule has 1 aromatic carbocycles. The fourth-order valence-electron chi connectivity index (χ4n) is 3.18. The van der Waals surface area contributed by atoms with Crippen LogP contribution in [0, 0.1) is 5.92 Å². The number of methoxy groups -OCH3 is 1. The van der Waals surface area contributed by atoms with Crippen molar-refractivity contribution in [2.24, 2.45) is 5.92 Å². The van der Waals surface area contributed by atoms with E-state index in [1.54, 1.807) is 7.11 Å². The van der Waals surface area contributed by atoms with Crippen LogP contribution >= 0.6 is 0 Å². The lowest BCUT2D eigenvalue weighted by molar-refractivity contribution is -0.00544. The Balaban J connectivity index is 2.13. The monoisotopic (exact) mass is 303 g/mol. The number of hydrogen-bond donors (Lipinski definition) is 1. The summed E-state index contributed by atoms with van der Waals surface area (Å²) in [7, 11) is 1.74. The molecule has 0 saturated carbocycles. The zero-order valence-electron chi connectivity index (χ0n) is 13.7. The predicted octanol–water partition coefficient (Wildman–Crippen LogP) is 3.51. The van der Waals surface area contributed by atoms with Crippen molar-refractivity contribution in [1.82, 2.24) is 5.32 Å². The average Bonchev–Trinajstić information content (AvgIpc) is 2.57. The first-order chi connectivity index (χ1) is 10.9. The predicted molar refractivity (Wildman–Crippen MR) is 91.1 cm³/mol. The van der Waals surface area contributed by atoms with Crippen molar-refractivity contribution in [3.05, 3.63) is 48.0 Å². The molecular weight excluding hydrogens is 274 g/mol. The maximum Gasteiger partial charge on any atom is 0.0867 e. The van der Waals surface area contributed by atoms with Gasteiger partial charge in [-0.15, -0.1) is 6.58 Å². The van der Waals surface area contributed by atoms with Crippen LogP contribution in [-0.2, 0) is 15.9 Å². The summed E-state index contributed by atoms with van der Waals surface area (Å²) < 4.78 is 11.4. The van der Waals surface area contributed by atoms with E-state index in [9.17, 15) is 0 Å². The fourth-order valence-corrected chi connectivity index (χ4v) is 3.18. The number of nitrogens with one attached hydrogen (secondary N) is 1. The molecule has 2 atom stereocenters. The molecule has 1 N–H and O–H groups in total. The molecule has 0 bridgehead atoms. The van der Waals surface area contributed by atoms with E-state index >= 15 is 0 Å². The molecule has 1 saturated heterocycles. The van der Waals surface area contributed by atoms with Gasteiger partial charge in [-0.3, -0.25) is 0 Å². The molecule has 1 aromatic rings. The molecule has 1 heterocycles. The van der Waals surface area contributed by atoms with E-state index in [0.717, 1.165) is 39.1 Å². The molecule has 22 heavy (non-hydrogen) atoms. The van der Waals surface area contributed by atoms with Crippen LogP contribution in [0.3, 0.4) is 0 Å². The second-order valence-electron chi connectivity index (χ2n) is 5.94. The summed E-state index contributed by atoms with van der Waals surface area (Å²) in [6.07, 6.45) is 6.43. The van der Waals surface area contributed by atoms with Crippen molar-refractivity contribution in [2.75, 3.05) is 33.4 Å². The Morgan fingerprint density at radius 3 is 2.95 bits per heavy atom. The molecule has 3 heteroatoms. The third-order valence-electron chi connectivity index (χ3n) is 4.28. The van der Waals surface area contributed by atoms with E-state index < -0.39 is 0 Å². The van der Waals surface area contributed by atoms with Gasteiger partial charge in [-0.2, -0.15) is 0 Å². The topological polar surface area (TPSA) is 30.5 Å². The molecule has 0 aliphatic carbocycles. The summed E-state index contributed by atoms with van der Waals surface area (Å²) in [5.41, 5.74) is 2.66. The molecule has 0 radical (unpaired) electrons. The van der Waals surface area contributed by atoms with Gasteiger partial charge in [0.05, 0.1) is 6.10 Å². The summed E-state index contributed by atoms with van der Waals surface area (Å²) >= 11 is 0. The Kier molecular flexibility index (Phi) is 7.64. The minimum Gasteiger partial charge on any atom is -0.385 e. The van der Waals surface area contributed by atoms with Crippen molar-refractivity contribution in [3.63, 3.8) is 0 Å². The first kappa shape index (κ1) is 17.2. The Bertz CT molecular complexity index is 441. The third-order valence-corrected chi connectivity index (χ3v) is 4.28. The molecule has 1 aliphatic heterocycles. The van der Waals surface area contributed by atoms with Crippen LogP contribution in [0.1, 0.15) is 36.5 Å². The maximum atomic E-state index is 6.30. The zero-order valence-corrected chi connectivity index (χ0v) is 13.7. The van der Waals surface area contributed by atoms with Crippen LogP contribution in [0.4, 0.5) is 0 Å². The van der Waals surface area contributed by atoms with Crippen LogP contribution in [0.15, 0.2) is 36.9 Å². The van der Waals surface area contributed by atoms with Gasteiger partial charge >= 0.3 is 0 Å². The third kappa shape index (κ3) is 4.94. The summed E-state index contributed by atoms with van der Waals surface area (Å²) in [5, 5.41) is 3.51. The van der Waals surface area contributed by atoms with Gasteiger partial charge in [-0.25, -0.2) is 0 Å². The smallest absolute Gasteiger partial charge is 0.0867 e. The number of benzene rings is 1. The first-order valence-corrected chi connectivity index (χ1v) is 8.36. The van der Waals surface area contributed by atoms with Gasteiger partial charge < -0.3 is 14.8 Å². The number of piperidine rings is 1. The lowest BCUT2D eigenvalue weighted by atomic mass is 9.86. The van der Waals surface area contributed by atoms with E-state index in [0.29, 0.717) is 5.92 Å². The second kappa shape index (κ2) is 9.78. The van der Waals surface area contributed by atoms with Crippen molar-refractivity contribution in [3.8, 4) is 0 Å². The number of allylic oxidation sites excluding steroid dienone is 1. The number of hydrogen-bond acceptors (Lipinski definition) is 3. The molecule has 0 amide bonds. The highest BCUT2D eigenvalue weighted by molar-refractivity contribution is 5.31. The highest BCUT2D eigenvalue weighted by Crippen LogP contribution is 2.33. The van der Waals surface area contributed by atoms with Crippen LogP contribution in [0.2, 0.25) is 0 Å². The van der Waals surface area contributed by atoms with Gasteiger partial charge in [0, 0.05) is 32.8 Å². The van der Waals surface area contributed by atoms with E-state index in [4.69, 9.17) is 9.47 Å². The first-order valence-electron chi connectivity index (χ1n) is 8.36. The minimum absolute atomic E-state index is 0.167. The van der Waals surface area contributed by atoms with Gasteiger partial charge in [0.25, 0.3) is 0 Å². The van der Waals surface area contributed by atoms with Crippen LogP contribution in [0.5, 0.6) is 0 Å². The molecule has 1 fully saturated rings. The summed E-state index contributed by atoms with van der Waals surface area (Å²) in [6, 6.07) is 8.63. The SMILES string of the molecule is C=CCc1ccccc1[C@H](OCCCOC)[C@@H]1CCCNC1. The Labute approximate surface area is 134 Å². The molecule has 122 valence electrons. The van der Waals surface area contributed by atoms with E-state index in [1.807, 2.05) is 6.08 Å². The standard InChI is InChI=1S/C19H29NO2/c1-3-8-16-9-4-5-11-18(16)19(22-14-7-13-21-2)17-10-6-12-20-15-17/h3-5,9,11,17,19-20H,1,6-8,10,12-15H2,2H3/t17-,19-/m1/s1. The maximum absolute atomic E-state index is 6.30. The molecule has 3 nitrogen and oxygen atoms in total. The van der Waals surface area contributed by atoms with Gasteiger partial charge in [0.2, 0.25) is 0 Å². The highest BCUT2D eigenvalue weighted by atomic mass is 16.5. The van der Waals surface area contributed by atoms with Crippen LogP contribution < -0.4 is 5.32 Å². The molecule has 1 aliphatic rings. The summed E-state index contributed by atoms with van der Waals surface area (Å²) in [6.45, 7) is 7.55. The van der Waals surface area contributed by atoms with Crippen molar-refractivity contribution in [2.45, 2.75) is 31.8 Å². The lowest BCUT2D eigenvalue weighted by Gasteiger charge is -2.32. The van der Waals surface area contributed by atoms with Crippen molar-refractivity contribution >= 4 is 0 Å². The van der Waals surface area contributed by atoms with E-state index in [1.165, 1.54) is 24.0 Å². The lowest BCUT2D eigenvalue weighted by Crippen LogP contribution is -2.34. The Hall–Kier alpha value is -1.16. The largest absolute Gasteiger partial charge is 0.385 e. The quantitative estimate of drug-likeness (QED) is 0.559. The van der Waals surface area contributed by atoms with Crippen molar-refractivity contribution in [1.29, 1.82) is 0 Å². The van der Waals surface area contributed by atoms with Gasteiger partial charge in [0.1, 0.15) is 0 Å². The summed E-state index contributed by atoms with van der Waals surface area (Å²) in [4.78, 5) is 0. The zero-order chi connectivity index (χ0) is 15.6. The molecule has 0 unspecified atom stereocenters. The average molecular weight is 303 g/mol. The van der Waals surface area contributed by atoms with Crippen molar-refractivity contribution < 1.29 is 9.47 Å². The molecule has 0 aromatic heterocycles. The Morgan fingerprint density at radius 2 is 2.23 bits per heavy atom.